The van der Waals surface area contributed by atoms with E-state index in [1.54, 1.807) is 14.0 Å². The van der Waals surface area contributed by atoms with Gasteiger partial charge in [0.2, 0.25) is 0 Å². The Morgan fingerprint density at radius 1 is 1.26 bits per heavy atom. The van der Waals surface area contributed by atoms with E-state index in [1.165, 1.54) is 0 Å². The maximum atomic E-state index is 9.23. The van der Waals surface area contributed by atoms with Crippen LogP contribution >= 0.6 is 0 Å². The van der Waals surface area contributed by atoms with Crippen molar-refractivity contribution in [2.24, 2.45) is 0 Å². The van der Waals surface area contributed by atoms with E-state index in [-0.39, 0.29) is 12.1 Å². The summed E-state index contributed by atoms with van der Waals surface area (Å²) in [5.41, 5.74) is 1.21. The van der Waals surface area contributed by atoms with Crippen LogP contribution in [0.1, 0.15) is 33.3 Å². The average molecular weight is 267 g/mol. The number of benzene rings is 1. The summed E-state index contributed by atoms with van der Waals surface area (Å²) >= 11 is 0. The van der Waals surface area contributed by atoms with Gasteiger partial charge in [-0.25, -0.2) is 0 Å². The largest absolute Gasteiger partial charge is 0.493 e. The minimum Gasteiger partial charge on any atom is -0.493 e. The molecular formula is C15H25NO3. The van der Waals surface area contributed by atoms with Gasteiger partial charge in [0, 0.05) is 12.1 Å². The van der Waals surface area contributed by atoms with Crippen LogP contribution in [0.5, 0.6) is 11.5 Å². The second-order valence-corrected chi connectivity index (χ2v) is 5.75. The van der Waals surface area contributed by atoms with Crippen LogP contribution in [0.15, 0.2) is 18.2 Å². The van der Waals surface area contributed by atoms with E-state index in [2.05, 4.69) is 26.1 Å². The number of hydrogen-bond donors (Lipinski definition) is 2. The second-order valence-electron chi connectivity index (χ2n) is 5.75. The monoisotopic (exact) mass is 267 g/mol. The van der Waals surface area contributed by atoms with Gasteiger partial charge in [0.15, 0.2) is 11.5 Å². The zero-order valence-electron chi connectivity index (χ0n) is 12.5. The van der Waals surface area contributed by atoms with E-state index in [9.17, 15) is 5.11 Å². The molecule has 0 heterocycles. The third-order valence-corrected chi connectivity index (χ3v) is 2.53. The van der Waals surface area contributed by atoms with Crippen molar-refractivity contribution in [2.75, 3.05) is 13.7 Å². The molecule has 4 nitrogen and oxygen atoms in total. The van der Waals surface area contributed by atoms with E-state index < -0.39 is 6.10 Å². The van der Waals surface area contributed by atoms with Crippen molar-refractivity contribution in [3.63, 3.8) is 0 Å². The smallest absolute Gasteiger partial charge is 0.161 e. The fraction of sp³-hybridized carbons (Fsp3) is 0.600. The maximum absolute atomic E-state index is 9.23. The highest BCUT2D eigenvalue weighted by molar-refractivity contribution is 5.43. The third-order valence-electron chi connectivity index (χ3n) is 2.53. The predicted molar refractivity (Wildman–Crippen MR) is 76.8 cm³/mol. The number of aliphatic hydroxyl groups excluding tert-OH is 1. The molecule has 0 aliphatic heterocycles. The SMILES string of the molecule is COc1cc(CNC(C)(C)C)ccc1OCC(C)O. The number of rotatable bonds is 6. The predicted octanol–water partition coefficient (Wildman–Crippen LogP) is 2.34. The summed E-state index contributed by atoms with van der Waals surface area (Å²) in [7, 11) is 1.62. The molecule has 1 rings (SSSR count). The Morgan fingerprint density at radius 2 is 1.95 bits per heavy atom. The Labute approximate surface area is 115 Å². The Kier molecular flexibility index (Phi) is 5.63. The fourth-order valence-corrected chi connectivity index (χ4v) is 1.52. The number of ether oxygens (including phenoxy) is 2. The Bertz CT molecular complexity index is 397. The van der Waals surface area contributed by atoms with Crippen molar-refractivity contribution in [2.45, 2.75) is 45.9 Å². The molecule has 1 aromatic rings. The van der Waals surface area contributed by atoms with Crippen molar-refractivity contribution < 1.29 is 14.6 Å². The highest BCUT2D eigenvalue weighted by Gasteiger charge is 2.11. The van der Waals surface area contributed by atoms with Crippen LogP contribution in [0, 0.1) is 0 Å². The zero-order valence-corrected chi connectivity index (χ0v) is 12.5. The van der Waals surface area contributed by atoms with Crippen LogP contribution in [0.25, 0.3) is 0 Å². The number of nitrogens with one attached hydrogen (secondary N) is 1. The molecule has 4 heteroatoms. The summed E-state index contributed by atoms with van der Waals surface area (Å²) in [4.78, 5) is 0. The second kappa shape index (κ2) is 6.78. The lowest BCUT2D eigenvalue weighted by Crippen LogP contribution is -2.35. The van der Waals surface area contributed by atoms with Gasteiger partial charge in [-0.15, -0.1) is 0 Å². The summed E-state index contributed by atoms with van der Waals surface area (Å²) < 4.78 is 10.8. The van der Waals surface area contributed by atoms with E-state index in [4.69, 9.17) is 9.47 Å². The minimum atomic E-state index is -0.494. The highest BCUT2D eigenvalue weighted by Crippen LogP contribution is 2.28. The van der Waals surface area contributed by atoms with Crippen molar-refractivity contribution in [3.05, 3.63) is 23.8 Å². The van der Waals surface area contributed by atoms with E-state index >= 15 is 0 Å². The number of methoxy groups -OCH3 is 1. The van der Waals surface area contributed by atoms with Crippen molar-refractivity contribution in [3.8, 4) is 11.5 Å². The maximum Gasteiger partial charge on any atom is 0.161 e. The summed E-state index contributed by atoms with van der Waals surface area (Å²) in [5.74, 6) is 1.34. The van der Waals surface area contributed by atoms with E-state index in [0.717, 1.165) is 12.1 Å². The molecule has 0 amide bonds. The standard InChI is InChI=1S/C15H25NO3/c1-11(17)10-19-13-7-6-12(8-14(13)18-5)9-16-15(2,3)4/h6-8,11,16-17H,9-10H2,1-5H3. The van der Waals surface area contributed by atoms with Crippen molar-refractivity contribution >= 4 is 0 Å². The van der Waals surface area contributed by atoms with Crippen LogP contribution in [0.3, 0.4) is 0 Å². The molecular weight excluding hydrogens is 242 g/mol. The van der Waals surface area contributed by atoms with Gasteiger partial charge in [-0.2, -0.15) is 0 Å². The molecule has 0 saturated carbocycles. The van der Waals surface area contributed by atoms with Crippen LogP contribution < -0.4 is 14.8 Å². The first-order chi connectivity index (χ1) is 8.81. The Balaban J connectivity index is 2.72. The van der Waals surface area contributed by atoms with Crippen LogP contribution in [-0.2, 0) is 6.54 Å². The summed E-state index contributed by atoms with van der Waals surface area (Å²) in [6, 6.07) is 5.83. The van der Waals surface area contributed by atoms with Crippen molar-refractivity contribution in [1.29, 1.82) is 0 Å². The van der Waals surface area contributed by atoms with Crippen LogP contribution in [0.4, 0.5) is 0 Å². The summed E-state index contributed by atoms with van der Waals surface area (Å²) in [5, 5.41) is 12.7. The zero-order chi connectivity index (χ0) is 14.5. The molecule has 0 saturated heterocycles. The topological polar surface area (TPSA) is 50.7 Å². The van der Waals surface area contributed by atoms with E-state index in [0.29, 0.717) is 11.5 Å². The Hall–Kier alpha value is -1.26. The molecule has 0 bridgehead atoms. The lowest BCUT2D eigenvalue weighted by molar-refractivity contribution is 0.120. The number of aliphatic hydroxyl groups is 1. The fourth-order valence-electron chi connectivity index (χ4n) is 1.52. The summed E-state index contributed by atoms with van der Waals surface area (Å²) in [6.07, 6.45) is -0.494. The molecule has 2 N–H and O–H groups in total. The minimum absolute atomic E-state index is 0.0781. The molecule has 0 fully saturated rings. The van der Waals surface area contributed by atoms with Gasteiger partial charge in [0.05, 0.1) is 13.2 Å². The first kappa shape index (κ1) is 15.8. The van der Waals surface area contributed by atoms with Gasteiger partial charge in [0.1, 0.15) is 6.61 Å². The van der Waals surface area contributed by atoms with Crippen LogP contribution in [-0.4, -0.2) is 30.5 Å². The molecule has 1 aromatic carbocycles. The van der Waals surface area contributed by atoms with Gasteiger partial charge in [-0.05, 0) is 45.4 Å². The first-order valence-electron chi connectivity index (χ1n) is 6.54. The Morgan fingerprint density at radius 3 is 2.47 bits per heavy atom. The van der Waals surface area contributed by atoms with Gasteiger partial charge in [-0.1, -0.05) is 6.07 Å². The molecule has 1 atom stereocenters. The summed E-state index contributed by atoms with van der Waals surface area (Å²) in [6.45, 7) is 9.11. The average Bonchev–Trinajstić information content (AvgIpc) is 2.33. The molecule has 108 valence electrons. The molecule has 19 heavy (non-hydrogen) atoms. The lowest BCUT2D eigenvalue weighted by atomic mass is 10.1. The molecule has 0 spiro atoms. The highest BCUT2D eigenvalue weighted by atomic mass is 16.5. The molecule has 1 unspecified atom stereocenters. The third kappa shape index (κ3) is 5.94. The quantitative estimate of drug-likeness (QED) is 0.830. The van der Waals surface area contributed by atoms with E-state index in [1.807, 2.05) is 18.2 Å². The van der Waals surface area contributed by atoms with Crippen LogP contribution in [0.2, 0.25) is 0 Å². The van der Waals surface area contributed by atoms with Gasteiger partial charge < -0.3 is 19.9 Å². The van der Waals surface area contributed by atoms with Gasteiger partial charge >= 0.3 is 0 Å². The normalized spacial score (nSPS) is 13.2. The molecule has 0 radical (unpaired) electrons. The molecule has 0 aromatic heterocycles. The lowest BCUT2D eigenvalue weighted by Gasteiger charge is -2.21. The first-order valence-corrected chi connectivity index (χ1v) is 6.54. The van der Waals surface area contributed by atoms with Gasteiger partial charge in [0.25, 0.3) is 0 Å². The van der Waals surface area contributed by atoms with Crippen molar-refractivity contribution in [1.82, 2.24) is 5.32 Å². The number of hydrogen-bond acceptors (Lipinski definition) is 4. The van der Waals surface area contributed by atoms with Gasteiger partial charge in [-0.3, -0.25) is 0 Å². The molecule has 0 aliphatic rings. The molecule has 0 aliphatic carbocycles.